The van der Waals surface area contributed by atoms with Crippen LogP contribution in [0.15, 0.2) is 54.9 Å². The summed E-state index contributed by atoms with van der Waals surface area (Å²) in [5, 5.41) is 4.17. The van der Waals surface area contributed by atoms with Crippen LogP contribution in [-0.4, -0.2) is 17.0 Å². The van der Waals surface area contributed by atoms with Crippen LogP contribution in [0.4, 0.5) is 0 Å². The lowest BCUT2D eigenvalue weighted by Crippen LogP contribution is -2.06. The molecule has 3 aromatic rings. The van der Waals surface area contributed by atoms with E-state index in [1.165, 1.54) is 0 Å². The van der Waals surface area contributed by atoms with Gasteiger partial charge in [0.1, 0.15) is 11.5 Å². The van der Waals surface area contributed by atoms with Gasteiger partial charge in [0.05, 0.1) is 11.2 Å². The lowest BCUT2D eigenvalue weighted by Gasteiger charge is -2.07. The molecule has 0 atom stereocenters. The number of fused-ring (bicyclic) bond motifs is 1. The number of nitrogens with one attached hydrogen (secondary N) is 1. The molecule has 2 heterocycles. The number of benzene rings is 1. The van der Waals surface area contributed by atoms with Crippen molar-refractivity contribution in [2.24, 2.45) is 0 Å². The zero-order chi connectivity index (χ0) is 13.8. The number of nitrogens with zero attached hydrogens (tertiary/aromatic N) is 2. The molecule has 0 amide bonds. The molecule has 0 saturated carbocycles. The maximum atomic E-state index is 5.87. The maximum Gasteiger partial charge on any atom is 0.130 e. The largest absolute Gasteiger partial charge is 0.457 e. The summed E-state index contributed by atoms with van der Waals surface area (Å²) in [5.41, 5.74) is 1.87. The highest BCUT2D eigenvalue weighted by molar-refractivity contribution is 5.79. The normalized spacial score (nSPS) is 10.7. The Hall–Kier alpha value is -2.46. The van der Waals surface area contributed by atoms with Crippen LogP contribution in [0.1, 0.15) is 5.69 Å². The quantitative estimate of drug-likeness (QED) is 0.787. The summed E-state index contributed by atoms with van der Waals surface area (Å²) in [7, 11) is 1.89. The Morgan fingerprint density at radius 3 is 2.80 bits per heavy atom. The fraction of sp³-hybridized carbons (Fsp3) is 0.125. The highest BCUT2D eigenvalue weighted by Crippen LogP contribution is 2.24. The Kier molecular flexibility index (Phi) is 3.56. The molecule has 0 bridgehead atoms. The molecule has 0 aliphatic heterocycles. The Morgan fingerprint density at radius 2 is 1.90 bits per heavy atom. The first-order valence-electron chi connectivity index (χ1n) is 6.47. The molecule has 0 radical (unpaired) electrons. The van der Waals surface area contributed by atoms with Crippen LogP contribution < -0.4 is 10.1 Å². The third-order valence-corrected chi connectivity index (χ3v) is 2.96. The molecular formula is C16H15N3O. The van der Waals surface area contributed by atoms with E-state index in [0.717, 1.165) is 34.6 Å². The molecule has 0 saturated heterocycles. The molecular weight excluding hydrogens is 250 g/mol. The summed E-state index contributed by atoms with van der Waals surface area (Å²) >= 11 is 0. The van der Waals surface area contributed by atoms with Crippen molar-refractivity contribution < 1.29 is 4.74 Å². The summed E-state index contributed by atoms with van der Waals surface area (Å²) in [4.78, 5) is 8.59. The van der Waals surface area contributed by atoms with Crippen molar-refractivity contribution in [2.45, 2.75) is 6.54 Å². The Balaban J connectivity index is 1.87. The van der Waals surface area contributed by atoms with E-state index >= 15 is 0 Å². The van der Waals surface area contributed by atoms with Gasteiger partial charge in [0.25, 0.3) is 0 Å². The molecule has 4 heteroatoms. The maximum absolute atomic E-state index is 5.87. The van der Waals surface area contributed by atoms with Crippen molar-refractivity contribution in [3.63, 3.8) is 0 Å². The van der Waals surface area contributed by atoms with E-state index in [4.69, 9.17) is 4.74 Å². The van der Waals surface area contributed by atoms with E-state index < -0.39 is 0 Å². The Morgan fingerprint density at radius 1 is 1.00 bits per heavy atom. The monoisotopic (exact) mass is 265 g/mol. The van der Waals surface area contributed by atoms with E-state index in [-0.39, 0.29) is 0 Å². The second-order valence-corrected chi connectivity index (χ2v) is 4.47. The van der Waals surface area contributed by atoms with Crippen molar-refractivity contribution in [3.8, 4) is 11.5 Å². The number of hydrogen-bond acceptors (Lipinski definition) is 4. The average molecular weight is 265 g/mol. The fourth-order valence-corrected chi connectivity index (χ4v) is 2.04. The zero-order valence-corrected chi connectivity index (χ0v) is 11.2. The van der Waals surface area contributed by atoms with Gasteiger partial charge in [0, 0.05) is 36.5 Å². The van der Waals surface area contributed by atoms with Crippen LogP contribution in [0.3, 0.4) is 0 Å². The van der Waals surface area contributed by atoms with Crippen LogP contribution in [0.5, 0.6) is 11.5 Å². The van der Waals surface area contributed by atoms with Crippen LogP contribution in [0.2, 0.25) is 0 Å². The van der Waals surface area contributed by atoms with E-state index in [1.807, 2.05) is 49.5 Å². The minimum absolute atomic E-state index is 0.719. The minimum Gasteiger partial charge on any atom is -0.457 e. The summed E-state index contributed by atoms with van der Waals surface area (Å²) in [5.74, 6) is 1.55. The molecule has 0 fully saturated rings. The smallest absolute Gasteiger partial charge is 0.130 e. The van der Waals surface area contributed by atoms with Gasteiger partial charge < -0.3 is 10.1 Å². The minimum atomic E-state index is 0.719. The highest BCUT2D eigenvalue weighted by atomic mass is 16.5. The molecule has 2 aromatic heterocycles. The molecule has 20 heavy (non-hydrogen) atoms. The summed E-state index contributed by atoms with van der Waals surface area (Å²) < 4.78 is 5.87. The van der Waals surface area contributed by atoms with E-state index in [0.29, 0.717) is 0 Å². The van der Waals surface area contributed by atoms with Crippen molar-refractivity contribution in [3.05, 3.63) is 60.6 Å². The van der Waals surface area contributed by atoms with E-state index in [2.05, 4.69) is 15.3 Å². The number of aromatic nitrogens is 2. The van der Waals surface area contributed by atoms with Gasteiger partial charge in [-0.25, -0.2) is 0 Å². The molecule has 3 rings (SSSR count). The predicted octanol–water partition coefficient (Wildman–Crippen LogP) is 3.14. The van der Waals surface area contributed by atoms with Gasteiger partial charge in [-0.05, 0) is 31.3 Å². The number of pyridine rings is 2. The fourth-order valence-electron chi connectivity index (χ4n) is 2.04. The standard InChI is InChI=1S/C16H15N3O/c1-17-11-13-9-15(6-8-18-13)20-14-5-4-12-3-2-7-19-16(12)10-14/h2-10,17H,11H2,1H3. The second kappa shape index (κ2) is 5.67. The van der Waals surface area contributed by atoms with Crippen LogP contribution >= 0.6 is 0 Å². The van der Waals surface area contributed by atoms with Gasteiger partial charge in [0.2, 0.25) is 0 Å². The number of ether oxygens (including phenoxy) is 1. The third-order valence-electron chi connectivity index (χ3n) is 2.96. The van der Waals surface area contributed by atoms with Crippen molar-refractivity contribution in [1.29, 1.82) is 0 Å². The zero-order valence-electron chi connectivity index (χ0n) is 11.2. The topological polar surface area (TPSA) is 47.0 Å². The molecule has 0 spiro atoms. The van der Waals surface area contributed by atoms with Crippen LogP contribution in [0, 0.1) is 0 Å². The van der Waals surface area contributed by atoms with Gasteiger partial charge >= 0.3 is 0 Å². The van der Waals surface area contributed by atoms with Gasteiger partial charge in [0.15, 0.2) is 0 Å². The molecule has 0 aliphatic carbocycles. The first kappa shape index (κ1) is 12.6. The van der Waals surface area contributed by atoms with E-state index in [9.17, 15) is 0 Å². The lowest BCUT2D eigenvalue weighted by atomic mass is 10.2. The van der Waals surface area contributed by atoms with Gasteiger partial charge in [-0.1, -0.05) is 6.07 Å². The van der Waals surface area contributed by atoms with Crippen LogP contribution in [-0.2, 0) is 6.54 Å². The first-order valence-corrected chi connectivity index (χ1v) is 6.47. The second-order valence-electron chi connectivity index (χ2n) is 4.47. The van der Waals surface area contributed by atoms with Gasteiger partial charge in [-0.15, -0.1) is 0 Å². The Labute approximate surface area is 117 Å². The third kappa shape index (κ3) is 2.75. The molecule has 4 nitrogen and oxygen atoms in total. The van der Waals surface area contributed by atoms with Gasteiger partial charge in [-0.3, -0.25) is 9.97 Å². The number of rotatable bonds is 4. The molecule has 1 aromatic carbocycles. The lowest BCUT2D eigenvalue weighted by molar-refractivity contribution is 0.481. The van der Waals surface area contributed by atoms with Crippen molar-refractivity contribution in [2.75, 3.05) is 7.05 Å². The predicted molar refractivity (Wildman–Crippen MR) is 78.8 cm³/mol. The average Bonchev–Trinajstić information content (AvgIpc) is 2.48. The SMILES string of the molecule is CNCc1cc(Oc2ccc3cccnc3c2)ccn1. The van der Waals surface area contributed by atoms with E-state index in [1.54, 1.807) is 12.4 Å². The molecule has 0 unspecified atom stereocenters. The van der Waals surface area contributed by atoms with Crippen LogP contribution in [0.25, 0.3) is 10.9 Å². The summed E-state index contributed by atoms with van der Waals surface area (Å²) in [6.45, 7) is 0.719. The molecule has 100 valence electrons. The van der Waals surface area contributed by atoms with Gasteiger partial charge in [-0.2, -0.15) is 0 Å². The Bertz CT molecular complexity index is 727. The molecule has 0 aliphatic rings. The summed E-state index contributed by atoms with van der Waals surface area (Å²) in [6, 6.07) is 13.6. The number of hydrogen-bond donors (Lipinski definition) is 1. The highest BCUT2D eigenvalue weighted by Gasteiger charge is 2.01. The van der Waals surface area contributed by atoms with Crippen molar-refractivity contribution >= 4 is 10.9 Å². The first-order chi connectivity index (χ1) is 9.85. The summed E-state index contributed by atoms with van der Waals surface area (Å²) in [6.07, 6.45) is 3.53. The van der Waals surface area contributed by atoms with Crippen molar-refractivity contribution in [1.82, 2.24) is 15.3 Å². The molecule has 1 N–H and O–H groups in total.